The SMILES string of the molecule is CNCc1ccc(-n2ccc(N)nc2=O)cc1Cl. The molecule has 0 bridgehead atoms. The van der Waals surface area contributed by atoms with Crippen LogP contribution >= 0.6 is 11.6 Å². The first kappa shape index (κ1) is 12.6. The molecule has 1 aromatic heterocycles. The molecule has 1 heterocycles. The fraction of sp³-hybridized carbons (Fsp3) is 0.167. The Balaban J connectivity index is 2.45. The van der Waals surface area contributed by atoms with Gasteiger partial charge in [0.1, 0.15) is 5.82 Å². The summed E-state index contributed by atoms with van der Waals surface area (Å²) < 4.78 is 1.39. The van der Waals surface area contributed by atoms with E-state index in [1.165, 1.54) is 4.57 Å². The predicted molar refractivity (Wildman–Crippen MR) is 72.0 cm³/mol. The summed E-state index contributed by atoms with van der Waals surface area (Å²) in [5.41, 5.74) is 6.65. The highest BCUT2D eigenvalue weighted by Gasteiger charge is 2.05. The molecule has 0 atom stereocenters. The molecular formula is C12H13ClN4O. The van der Waals surface area contributed by atoms with Crippen LogP contribution in [0.3, 0.4) is 0 Å². The second-order valence-electron chi connectivity index (χ2n) is 3.81. The first-order chi connectivity index (χ1) is 8.61. The van der Waals surface area contributed by atoms with E-state index in [1.54, 1.807) is 18.3 Å². The van der Waals surface area contributed by atoms with E-state index in [9.17, 15) is 4.79 Å². The maximum absolute atomic E-state index is 11.7. The van der Waals surface area contributed by atoms with Crippen molar-refractivity contribution in [3.63, 3.8) is 0 Å². The zero-order valence-electron chi connectivity index (χ0n) is 9.85. The van der Waals surface area contributed by atoms with Crippen LogP contribution in [0, 0.1) is 0 Å². The third-order valence-corrected chi connectivity index (χ3v) is 2.86. The lowest BCUT2D eigenvalue weighted by Gasteiger charge is -2.08. The van der Waals surface area contributed by atoms with Crippen LogP contribution in [0.2, 0.25) is 5.02 Å². The molecule has 2 rings (SSSR count). The minimum atomic E-state index is -0.424. The average molecular weight is 265 g/mol. The minimum absolute atomic E-state index is 0.203. The number of nitrogens with one attached hydrogen (secondary N) is 1. The number of anilines is 1. The van der Waals surface area contributed by atoms with Crippen LogP contribution in [0.4, 0.5) is 5.82 Å². The van der Waals surface area contributed by atoms with Crippen molar-refractivity contribution in [1.82, 2.24) is 14.9 Å². The number of halogens is 1. The van der Waals surface area contributed by atoms with Gasteiger partial charge in [-0.1, -0.05) is 17.7 Å². The maximum Gasteiger partial charge on any atom is 0.354 e. The van der Waals surface area contributed by atoms with Crippen LogP contribution < -0.4 is 16.7 Å². The number of nitrogens with zero attached hydrogens (tertiary/aromatic N) is 2. The Morgan fingerprint density at radius 3 is 2.83 bits per heavy atom. The number of hydrogen-bond donors (Lipinski definition) is 2. The van der Waals surface area contributed by atoms with Crippen molar-refractivity contribution in [2.75, 3.05) is 12.8 Å². The lowest BCUT2D eigenvalue weighted by Crippen LogP contribution is -2.21. The van der Waals surface area contributed by atoms with E-state index >= 15 is 0 Å². The third-order valence-electron chi connectivity index (χ3n) is 2.51. The Labute approximate surface area is 109 Å². The Morgan fingerprint density at radius 1 is 1.44 bits per heavy atom. The van der Waals surface area contributed by atoms with Crippen LogP contribution in [0.1, 0.15) is 5.56 Å². The number of rotatable bonds is 3. The van der Waals surface area contributed by atoms with Crippen molar-refractivity contribution in [1.29, 1.82) is 0 Å². The standard InChI is InChI=1S/C12H13ClN4O/c1-15-7-8-2-3-9(6-10(8)13)17-5-4-11(14)16-12(17)18/h2-6,15H,7H2,1H3,(H2,14,16,18). The van der Waals surface area contributed by atoms with E-state index in [0.717, 1.165) is 5.56 Å². The molecule has 6 heteroatoms. The molecule has 1 aromatic carbocycles. The van der Waals surface area contributed by atoms with E-state index in [-0.39, 0.29) is 5.82 Å². The van der Waals surface area contributed by atoms with E-state index in [2.05, 4.69) is 10.3 Å². The summed E-state index contributed by atoms with van der Waals surface area (Å²) in [7, 11) is 1.85. The molecule has 18 heavy (non-hydrogen) atoms. The largest absolute Gasteiger partial charge is 0.383 e. The second kappa shape index (κ2) is 5.20. The van der Waals surface area contributed by atoms with Crippen molar-refractivity contribution in [2.45, 2.75) is 6.54 Å². The first-order valence-electron chi connectivity index (χ1n) is 5.40. The van der Waals surface area contributed by atoms with Crippen molar-refractivity contribution in [3.05, 3.63) is 51.5 Å². The Hall–Kier alpha value is -1.85. The minimum Gasteiger partial charge on any atom is -0.383 e. The van der Waals surface area contributed by atoms with Crippen molar-refractivity contribution in [3.8, 4) is 5.69 Å². The Bertz CT molecular complexity index is 624. The lowest BCUT2D eigenvalue weighted by atomic mass is 10.2. The molecule has 0 spiro atoms. The number of nitrogen functional groups attached to an aromatic ring is 1. The zero-order valence-corrected chi connectivity index (χ0v) is 10.6. The molecule has 0 unspecified atom stereocenters. The molecule has 0 amide bonds. The molecule has 0 radical (unpaired) electrons. The quantitative estimate of drug-likeness (QED) is 0.873. The second-order valence-corrected chi connectivity index (χ2v) is 4.22. The van der Waals surface area contributed by atoms with E-state index in [0.29, 0.717) is 17.3 Å². The van der Waals surface area contributed by atoms with Gasteiger partial charge in [-0.25, -0.2) is 4.79 Å². The van der Waals surface area contributed by atoms with Gasteiger partial charge in [-0.2, -0.15) is 4.98 Å². The van der Waals surface area contributed by atoms with Gasteiger partial charge in [-0.05, 0) is 30.8 Å². The number of aromatic nitrogens is 2. The highest BCUT2D eigenvalue weighted by molar-refractivity contribution is 6.31. The predicted octanol–water partition coefficient (Wildman–Crippen LogP) is 1.19. The summed E-state index contributed by atoms with van der Waals surface area (Å²) in [5, 5.41) is 3.62. The van der Waals surface area contributed by atoms with Crippen molar-refractivity contribution >= 4 is 17.4 Å². The van der Waals surface area contributed by atoms with Gasteiger partial charge in [0.2, 0.25) is 0 Å². The third kappa shape index (κ3) is 2.52. The van der Waals surface area contributed by atoms with E-state index in [4.69, 9.17) is 17.3 Å². The summed E-state index contributed by atoms with van der Waals surface area (Å²) in [6.07, 6.45) is 1.58. The Kier molecular flexibility index (Phi) is 3.64. The van der Waals surface area contributed by atoms with Crippen LogP contribution in [0.5, 0.6) is 0 Å². The summed E-state index contributed by atoms with van der Waals surface area (Å²) in [6.45, 7) is 0.675. The summed E-state index contributed by atoms with van der Waals surface area (Å²) in [5.74, 6) is 0.203. The van der Waals surface area contributed by atoms with Crippen molar-refractivity contribution in [2.24, 2.45) is 0 Å². The van der Waals surface area contributed by atoms with Crippen LogP contribution in [-0.2, 0) is 6.54 Å². The Morgan fingerprint density at radius 2 is 2.22 bits per heavy atom. The van der Waals surface area contributed by atoms with Crippen molar-refractivity contribution < 1.29 is 0 Å². The van der Waals surface area contributed by atoms with Gasteiger partial charge >= 0.3 is 5.69 Å². The van der Waals surface area contributed by atoms with Crippen LogP contribution in [-0.4, -0.2) is 16.6 Å². The van der Waals surface area contributed by atoms with Gasteiger partial charge in [-0.3, -0.25) is 4.57 Å². The molecule has 0 fully saturated rings. The van der Waals surface area contributed by atoms with Gasteiger partial charge in [0.05, 0.1) is 5.69 Å². The van der Waals surface area contributed by atoms with Gasteiger partial charge in [0.25, 0.3) is 0 Å². The van der Waals surface area contributed by atoms with E-state index in [1.807, 2.05) is 19.2 Å². The maximum atomic E-state index is 11.7. The average Bonchev–Trinajstić information content (AvgIpc) is 2.32. The first-order valence-corrected chi connectivity index (χ1v) is 5.78. The van der Waals surface area contributed by atoms with Gasteiger partial charge < -0.3 is 11.1 Å². The van der Waals surface area contributed by atoms with Gasteiger partial charge in [0, 0.05) is 17.8 Å². The molecule has 94 valence electrons. The molecule has 2 aromatic rings. The zero-order chi connectivity index (χ0) is 13.1. The van der Waals surface area contributed by atoms with E-state index < -0.39 is 5.69 Å². The number of nitrogens with two attached hydrogens (primary N) is 1. The summed E-state index contributed by atoms with van der Waals surface area (Å²) in [4.78, 5) is 15.3. The topological polar surface area (TPSA) is 72.9 Å². The molecule has 0 aliphatic carbocycles. The molecule has 0 aliphatic heterocycles. The molecular weight excluding hydrogens is 252 g/mol. The molecule has 0 aliphatic rings. The number of hydrogen-bond acceptors (Lipinski definition) is 4. The smallest absolute Gasteiger partial charge is 0.354 e. The van der Waals surface area contributed by atoms with Gasteiger partial charge in [-0.15, -0.1) is 0 Å². The summed E-state index contributed by atoms with van der Waals surface area (Å²) in [6, 6.07) is 6.99. The highest BCUT2D eigenvalue weighted by Crippen LogP contribution is 2.19. The fourth-order valence-corrected chi connectivity index (χ4v) is 1.87. The molecule has 0 saturated heterocycles. The molecule has 3 N–H and O–H groups in total. The monoisotopic (exact) mass is 264 g/mol. The van der Waals surface area contributed by atoms with Gasteiger partial charge in [0.15, 0.2) is 0 Å². The fourth-order valence-electron chi connectivity index (χ4n) is 1.63. The van der Waals surface area contributed by atoms with Crippen LogP contribution in [0.15, 0.2) is 35.3 Å². The highest BCUT2D eigenvalue weighted by atomic mass is 35.5. The lowest BCUT2D eigenvalue weighted by molar-refractivity contribution is 0.816. The summed E-state index contributed by atoms with van der Waals surface area (Å²) >= 11 is 6.14. The number of benzene rings is 1. The molecule has 5 nitrogen and oxygen atoms in total. The normalized spacial score (nSPS) is 10.6. The molecule has 0 saturated carbocycles. The van der Waals surface area contributed by atoms with Crippen LogP contribution in [0.25, 0.3) is 5.69 Å².